The fraction of sp³-hybridized carbons (Fsp3) is 0.364. The summed E-state index contributed by atoms with van der Waals surface area (Å²) in [7, 11) is 0. The molecule has 4 rings (SSSR count). The van der Waals surface area contributed by atoms with E-state index >= 15 is 0 Å². The third-order valence-corrected chi connectivity index (χ3v) is 5.24. The fourth-order valence-electron chi connectivity index (χ4n) is 3.59. The van der Waals surface area contributed by atoms with Gasteiger partial charge in [0.15, 0.2) is 5.11 Å². The minimum Gasteiger partial charge on any atom is -0.486 e. The second-order valence-corrected chi connectivity index (χ2v) is 7.84. The van der Waals surface area contributed by atoms with Crippen molar-refractivity contribution in [3.63, 3.8) is 0 Å². The number of thiocarbonyl (C=S) groups is 1. The topological polar surface area (TPSA) is 63.9 Å². The second kappa shape index (κ2) is 8.39. The Balaban J connectivity index is 1.39. The predicted molar refractivity (Wildman–Crippen MR) is 113 cm³/mol. The van der Waals surface area contributed by atoms with Gasteiger partial charge in [-0.1, -0.05) is 6.07 Å². The van der Waals surface area contributed by atoms with Crippen LogP contribution in [-0.4, -0.2) is 35.2 Å². The molecule has 1 amide bonds. The molecule has 6 nitrogen and oxygen atoms in total. The van der Waals surface area contributed by atoms with Gasteiger partial charge >= 0.3 is 0 Å². The zero-order valence-electron chi connectivity index (χ0n) is 16.6. The molecular weight excluding hydrogens is 388 g/mol. The molecule has 1 aromatic heterocycles. The number of furan rings is 1. The van der Waals surface area contributed by atoms with Crippen molar-refractivity contribution < 1.29 is 18.7 Å². The molecule has 29 heavy (non-hydrogen) atoms. The van der Waals surface area contributed by atoms with Gasteiger partial charge in [0.1, 0.15) is 29.6 Å². The van der Waals surface area contributed by atoms with Crippen LogP contribution in [0.3, 0.4) is 0 Å². The molecule has 0 bridgehead atoms. The van der Waals surface area contributed by atoms with Crippen LogP contribution in [0, 0.1) is 13.8 Å². The fourth-order valence-corrected chi connectivity index (χ4v) is 3.86. The van der Waals surface area contributed by atoms with E-state index in [1.54, 1.807) is 11.0 Å². The molecule has 2 aliphatic heterocycles. The molecule has 1 atom stereocenters. The van der Waals surface area contributed by atoms with Gasteiger partial charge in [0.25, 0.3) is 5.91 Å². The molecule has 0 saturated carbocycles. The largest absolute Gasteiger partial charge is 0.486 e. The zero-order chi connectivity index (χ0) is 20.4. The monoisotopic (exact) mass is 412 g/mol. The highest BCUT2D eigenvalue weighted by atomic mass is 32.1. The lowest BCUT2D eigenvalue weighted by atomic mass is 10.1. The van der Waals surface area contributed by atoms with Crippen LogP contribution < -0.4 is 10.1 Å². The van der Waals surface area contributed by atoms with Crippen LogP contribution in [0.2, 0.25) is 0 Å². The van der Waals surface area contributed by atoms with Crippen molar-refractivity contribution in [1.29, 1.82) is 0 Å². The summed E-state index contributed by atoms with van der Waals surface area (Å²) in [5.74, 6) is 1.90. The molecule has 1 aromatic carbocycles. The number of nitrogens with zero attached hydrogens (tertiary/aromatic N) is 1. The van der Waals surface area contributed by atoms with E-state index in [1.807, 2.05) is 38.1 Å². The van der Waals surface area contributed by atoms with Crippen LogP contribution in [0.15, 0.2) is 40.4 Å². The third-order valence-electron chi connectivity index (χ3n) is 4.92. The van der Waals surface area contributed by atoms with Crippen LogP contribution in [0.1, 0.15) is 35.5 Å². The van der Waals surface area contributed by atoms with E-state index in [0.717, 1.165) is 36.3 Å². The lowest BCUT2D eigenvalue weighted by Crippen LogP contribution is -2.37. The summed E-state index contributed by atoms with van der Waals surface area (Å²) in [6.07, 6.45) is 3.70. The number of ether oxygens (including phenoxy) is 2. The molecule has 1 unspecified atom stereocenters. The summed E-state index contributed by atoms with van der Waals surface area (Å²) in [5, 5.41) is 3.38. The summed E-state index contributed by atoms with van der Waals surface area (Å²) in [4.78, 5) is 14.2. The van der Waals surface area contributed by atoms with Crippen LogP contribution in [0.5, 0.6) is 5.75 Å². The Hall–Kier alpha value is -2.64. The van der Waals surface area contributed by atoms with E-state index in [-0.39, 0.29) is 12.0 Å². The first kappa shape index (κ1) is 19.7. The molecular formula is C22H24N2O4S. The molecule has 2 aliphatic rings. The second-order valence-electron chi connectivity index (χ2n) is 7.46. The molecule has 3 heterocycles. The van der Waals surface area contributed by atoms with Gasteiger partial charge in [0.2, 0.25) is 0 Å². The van der Waals surface area contributed by atoms with Crippen molar-refractivity contribution in [3.05, 3.63) is 58.7 Å². The zero-order valence-corrected chi connectivity index (χ0v) is 17.4. The van der Waals surface area contributed by atoms with Gasteiger partial charge in [-0.3, -0.25) is 9.69 Å². The molecule has 2 aromatic rings. The number of rotatable bonds is 6. The van der Waals surface area contributed by atoms with Crippen LogP contribution >= 0.6 is 12.2 Å². The lowest BCUT2D eigenvalue weighted by molar-refractivity contribution is -0.123. The highest BCUT2D eigenvalue weighted by molar-refractivity contribution is 7.80. The van der Waals surface area contributed by atoms with Crippen LogP contribution in [0.4, 0.5) is 0 Å². The quantitative estimate of drug-likeness (QED) is 0.576. The summed E-state index contributed by atoms with van der Waals surface area (Å²) in [6.45, 7) is 5.62. The average molecular weight is 413 g/mol. The molecule has 2 saturated heterocycles. The minimum atomic E-state index is -0.157. The first-order valence-corrected chi connectivity index (χ1v) is 10.1. The van der Waals surface area contributed by atoms with Gasteiger partial charge in [-0.25, -0.2) is 0 Å². The number of hydrogen-bond donors (Lipinski definition) is 1. The van der Waals surface area contributed by atoms with E-state index in [2.05, 4.69) is 11.4 Å². The first-order chi connectivity index (χ1) is 14.0. The summed E-state index contributed by atoms with van der Waals surface area (Å²) in [5.41, 5.74) is 2.71. The molecule has 152 valence electrons. The summed E-state index contributed by atoms with van der Waals surface area (Å²) in [6, 6.07) is 9.74. The van der Waals surface area contributed by atoms with Gasteiger partial charge in [0, 0.05) is 12.7 Å². The molecule has 0 spiro atoms. The number of carbonyl (C=O) groups is 1. The summed E-state index contributed by atoms with van der Waals surface area (Å²) < 4.78 is 17.2. The third kappa shape index (κ3) is 4.68. The SMILES string of the molecule is Cc1cc(C)cc(OCc2ccc(/C=C3/NC(=S)N(CC4CCCO4)C3=O)o2)c1. The molecule has 0 aliphatic carbocycles. The lowest BCUT2D eigenvalue weighted by Gasteiger charge is -2.18. The smallest absolute Gasteiger partial charge is 0.276 e. The number of carbonyl (C=O) groups excluding carboxylic acids is 1. The highest BCUT2D eigenvalue weighted by Gasteiger charge is 2.33. The average Bonchev–Trinajstić information content (AvgIpc) is 3.39. The minimum absolute atomic E-state index is 0.0516. The van der Waals surface area contributed by atoms with Gasteiger partial charge in [-0.15, -0.1) is 0 Å². The number of benzene rings is 1. The maximum absolute atomic E-state index is 12.7. The van der Waals surface area contributed by atoms with E-state index < -0.39 is 0 Å². The van der Waals surface area contributed by atoms with Crippen molar-refractivity contribution in [2.45, 2.75) is 39.4 Å². The van der Waals surface area contributed by atoms with E-state index in [4.69, 9.17) is 26.1 Å². The van der Waals surface area contributed by atoms with Crippen LogP contribution in [-0.2, 0) is 16.1 Å². The Morgan fingerprint density at radius 2 is 2.07 bits per heavy atom. The summed E-state index contributed by atoms with van der Waals surface area (Å²) >= 11 is 5.31. The Kier molecular flexibility index (Phi) is 5.69. The number of aryl methyl sites for hydroxylation is 2. The normalized spacial score (nSPS) is 20.6. The Bertz CT molecular complexity index is 939. The van der Waals surface area contributed by atoms with Gasteiger partial charge in [0.05, 0.1) is 12.6 Å². The van der Waals surface area contributed by atoms with Gasteiger partial charge < -0.3 is 19.2 Å². The maximum atomic E-state index is 12.7. The molecule has 0 radical (unpaired) electrons. The van der Waals surface area contributed by atoms with Gasteiger partial charge in [-0.05, 0) is 74.3 Å². The van der Waals surface area contributed by atoms with Crippen molar-refractivity contribution in [3.8, 4) is 5.75 Å². The Morgan fingerprint density at radius 3 is 2.79 bits per heavy atom. The number of amides is 1. The highest BCUT2D eigenvalue weighted by Crippen LogP contribution is 2.21. The van der Waals surface area contributed by atoms with Crippen molar-refractivity contribution in [2.75, 3.05) is 13.2 Å². The Labute approximate surface area is 175 Å². The van der Waals surface area contributed by atoms with E-state index in [1.165, 1.54) is 0 Å². The number of nitrogens with one attached hydrogen (secondary N) is 1. The maximum Gasteiger partial charge on any atom is 0.276 e. The van der Waals surface area contributed by atoms with Crippen molar-refractivity contribution in [2.24, 2.45) is 0 Å². The van der Waals surface area contributed by atoms with Crippen molar-refractivity contribution >= 4 is 29.3 Å². The predicted octanol–water partition coefficient (Wildman–Crippen LogP) is 3.71. The van der Waals surface area contributed by atoms with Crippen LogP contribution in [0.25, 0.3) is 6.08 Å². The first-order valence-electron chi connectivity index (χ1n) is 9.74. The Morgan fingerprint density at radius 1 is 1.28 bits per heavy atom. The van der Waals surface area contributed by atoms with Gasteiger partial charge in [-0.2, -0.15) is 0 Å². The standard InChI is InChI=1S/C22H24N2O4S/c1-14-8-15(2)10-19(9-14)27-13-18-6-5-16(28-18)11-20-21(25)24(22(29)23-20)12-17-4-3-7-26-17/h5-6,8-11,17H,3-4,7,12-13H2,1-2H3,(H,23,29)/b20-11+. The number of hydrogen-bond acceptors (Lipinski definition) is 5. The van der Waals surface area contributed by atoms with E-state index in [9.17, 15) is 4.79 Å². The van der Waals surface area contributed by atoms with E-state index in [0.29, 0.717) is 35.5 Å². The molecule has 1 N–H and O–H groups in total. The molecule has 2 fully saturated rings. The molecule has 7 heteroatoms. The van der Waals surface area contributed by atoms with Crippen molar-refractivity contribution in [1.82, 2.24) is 10.2 Å².